The normalized spacial score (nSPS) is 11.3. The lowest BCUT2D eigenvalue weighted by atomic mass is 10.2. The molecule has 1 N–H and O–H groups in total. The number of nitrogens with one attached hydrogen (secondary N) is 1. The van der Waals surface area contributed by atoms with Crippen LogP contribution in [0.15, 0.2) is 53.4 Å². The van der Waals surface area contributed by atoms with Crippen LogP contribution in [0.4, 0.5) is 11.4 Å². The first-order valence-corrected chi connectivity index (χ1v) is 10.5. The molecule has 0 radical (unpaired) electrons. The Labute approximate surface area is 169 Å². The van der Waals surface area contributed by atoms with Crippen LogP contribution in [0.3, 0.4) is 0 Å². The maximum absolute atomic E-state index is 12.4. The van der Waals surface area contributed by atoms with Gasteiger partial charge in [-0.2, -0.15) is 0 Å². The van der Waals surface area contributed by atoms with E-state index in [1.54, 1.807) is 0 Å². The first-order chi connectivity index (χ1) is 13.8. The zero-order chi connectivity index (χ0) is 21.4. The van der Waals surface area contributed by atoms with Crippen LogP contribution < -0.4 is 4.72 Å². The van der Waals surface area contributed by atoms with Crippen LogP contribution in [0.25, 0.3) is 0 Å². The SMILES string of the molecule is CCN(CC)CCOC(=O)c1ccc(NS(=O)(=O)c2ccc([N+](=O)[O-])cc2)cc1. The number of anilines is 1. The summed E-state index contributed by atoms with van der Waals surface area (Å²) in [5.41, 5.74) is 0.360. The van der Waals surface area contributed by atoms with Gasteiger partial charge in [0.15, 0.2) is 0 Å². The van der Waals surface area contributed by atoms with Gasteiger partial charge in [-0.1, -0.05) is 13.8 Å². The van der Waals surface area contributed by atoms with Crippen LogP contribution in [0.2, 0.25) is 0 Å². The van der Waals surface area contributed by atoms with Gasteiger partial charge >= 0.3 is 5.97 Å². The topological polar surface area (TPSA) is 119 Å². The number of likely N-dealkylation sites (N-methyl/N-ethyl adjacent to an activating group) is 1. The summed E-state index contributed by atoms with van der Waals surface area (Å²) in [6, 6.07) is 10.4. The summed E-state index contributed by atoms with van der Waals surface area (Å²) >= 11 is 0. The lowest BCUT2D eigenvalue weighted by Crippen LogP contribution is -2.27. The second kappa shape index (κ2) is 9.99. The lowest BCUT2D eigenvalue weighted by Gasteiger charge is -2.17. The molecule has 10 heteroatoms. The van der Waals surface area contributed by atoms with Crippen molar-refractivity contribution in [3.8, 4) is 0 Å². The number of carbonyl (C=O) groups excluding carboxylic acids is 1. The Hall–Kier alpha value is -2.98. The van der Waals surface area contributed by atoms with E-state index in [0.717, 1.165) is 37.4 Å². The first-order valence-electron chi connectivity index (χ1n) is 9.03. The quantitative estimate of drug-likeness (QED) is 0.356. The lowest BCUT2D eigenvalue weighted by molar-refractivity contribution is -0.384. The molecule has 0 saturated heterocycles. The van der Waals surface area contributed by atoms with Gasteiger partial charge in [-0.15, -0.1) is 0 Å². The zero-order valence-corrected chi connectivity index (χ0v) is 17.0. The highest BCUT2D eigenvalue weighted by atomic mass is 32.2. The number of hydrogen-bond donors (Lipinski definition) is 1. The van der Waals surface area contributed by atoms with Crippen LogP contribution in [-0.2, 0) is 14.8 Å². The van der Waals surface area contributed by atoms with Crippen molar-refractivity contribution in [2.45, 2.75) is 18.7 Å². The predicted molar refractivity (Wildman–Crippen MR) is 108 cm³/mol. The molecule has 156 valence electrons. The average molecular weight is 421 g/mol. The molecule has 2 rings (SSSR count). The van der Waals surface area contributed by atoms with Crippen molar-refractivity contribution in [2.75, 3.05) is 31.0 Å². The number of carbonyl (C=O) groups is 1. The summed E-state index contributed by atoms with van der Waals surface area (Å²) in [5.74, 6) is -0.484. The Kier molecular flexibility index (Phi) is 7.68. The molecule has 0 saturated carbocycles. The van der Waals surface area contributed by atoms with E-state index in [1.165, 1.54) is 24.3 Å². The smallest absolute Gasteiger partial charge is 0.338 e. The molecule has 0 unspecified atom stereocenters. The largest absolute Gasteiger partial charge is 0.461 e. The van der Waals surface area contributed by atoms with Crippen molar-refractivity contribution < 1.29 is 22.9 Å². The van der Waals surface area contributed by atoms with E-state index in [0.29, 0.717) is 12.1 Å². The summed E-state index contributed by atoms with van der Waals surface area (Å²) < 4.78 is 32.4. The van der Waals surface area contributed by atoms with Crippen LogP contribution in [-0.4, -0.2) is 50.5 Å². The molecule has 29 heavy (non-hydrogen) atoms. The third-order valence-corrected chi connectivity index (χ3v) is 5.66. The number of hydrogen-bond acceptors (Lipinski definition) is 7. The van der Waals surface area contributed by atoms with Gasteiger partial charge in [0, 0.05) is 24.4 Å². The van der Waals surface area contributed by atoms with E-state index >= 15 is 0 Å². The van der Waals surface area contributed by atoms with Gasteiger partial charge < -0.3 is 9.64 Å². The number of non-ortho nitro benzene ring substituents is 1. The second-order valence-electron chi connectivity index (χ2n) is 6.10. The van der Waals surface area contributed by atoms with Crippen molar-refractivity contribution in [3.63, 3.8) is 0 Å². The molecule has 0 aromatic heterocycles. The van der Waals surface area contributed by atoms with E-state index < -0.39 is 20.9 Å². The van der Waals surface area contributed by atoms with Gasteiger partial charge in [0.2, 0.25) is 0 Å². The fourth-order valence-corrected chi connectivity index (χ4v) is 3.58. The molecule has 9 nitrogen and oxygen atoms in total. The molecule has 0 amide bonds. The van der Waals surface area contributed by atoms with Crippen molar-refractivity contribution in [2.24, 2.45) is 0 Å². The fourth-order valence-electron chi connectivity index (χ4n) is 2.53. The van der Waals surface area contributed by atoms with Crippen molar-refractivity contribution in [1.82, 2.24) is 4.90 Å². The Morgan fingerprint density at radius 1 is 1.07 bits per heavy atom. The minimum atomic E-state index is -3.91. The van der Waals surface area contributed by atoms with Gasteiger partial charge in [-0.3, -0.25) is 14.8 Å². The maximum Gasteiger partial charge on any atom is 0.338 e. The summed E-state index contributed by atoms with van der Waals surface area (Å²) in [5, 5.41) is 10.7. The van der Waals surface area contributed by atoms with E-state index in [4.69, 9.17) is 4.74 Å². The van der Waals surface area contributed by atoms with Gasteiger partial charge in [-0.25, -0.2) is 13.2 Å². The van der Waals surface area contributed by atoms with Crippen molar-refractivity contribution in [3.05, 3.63) is 64.2 Å². The molecule has 0 spiro atoms. The molecule has 0 bridgehead atoms. The fraction of sp³-hybridized carbons (Fsp3) is 0.316. The molecule has 2 aromatic carbocycles. The number of nitrogens with zero attached hydrogens (tertiary/aromatic N) is 2. The van der Waals surface area contributed by atoms with Crippen molar-refractivity contribution in [1.29, 1.82) is 0 Å². The van der Waals surface area contributed by atoms with E-state index in [2.05, 4.69) is 9.62 Å². The summed E-state index contributed by atoms with van der Waals surface area (Å²) in [7, 11) is -3.91. The molecule has 0 aliphatic carbocycles. The minimum Gasteiger partial charge on any atom is -0.461 e. The number of nitro benzene ring substituents is 1. The number of benzene rings is 2. The Morgan fingerprint density at radius 2 is 1.66 bits per heavy atom. The van der Waals surface area contributed by atoms with Crippen LogP contribution in [0.5, 0.6) is 0 Å². The summed E-state index contributed by atoms with van der Waals surface area (Å²) in [6.07, 6.45) is 0. The molecular weight excluding hydrogens is 398 g/mol. The monoisotopic (exact) mass is 421 g/mol. The Bertz CT molecular complexity index is 939. The molecule has 0 aliphatic rings. The minimum absolute atomic E-state index is 0.108. The first kappa shape index (κ1) is 22.3. The summed E-state index contributed by atoms with van der Waals surface area (Å²) in [4.78, 5) is 24.2. The maximum atomic E-state index is 12.4. The number of nitro groups is 1. The van der Waals surface area contributed by atoms with E-state index in [-0.39, 0.29) is 22.9 Å². The number of rotatable bonds is 10. The van der Waals surface area contributed by atoms with Gasteiger partial charge in [0.1, 0.15) is 6.61 Å². The van der Waals surface area contributed by atoms with Gasteiger partial charge in [0.05, 0.1) is 15.4 Å². The Balaban J connectivity index is 1.98. The highest BCUT2D eigenvalue weighted by molar-refractivity contribution is 7.92. The molecule has 0 atom stereocenters. The summed E-state index contributed by atoms with van der Waals surface area (Å²) in [6.45, 7) is 6.72. The molecule has 0 fully saturated rings. The van der Waals surface area contributed by atoms with E-state index in [1.807, 2.05) is 13.8 Å². The van der Waals surface area contributed by atoms with Crippen LogP contribution in [0.1, 0.15) is 24.2 Å². The molecular formula is C19H23N3O6S. The highest BCUT2D eigenvalue weighted by Gasteiger charge is 2.16. The third-order valence-electron chi connectivity index (χ3n) is 4.27. The van der Waals surface area contributed by atoms with Gasteiger partial charge in [-0.05, 0) is 49.5 Å². The average Bonchev–Trinajstić information content (AvgIpc) is 2.71. The second-order valence-corrected chi connectivity index (χ2v) is 7.78. The van der Waals surface area contributed by atoms with Gasteiger partial charge in [0.25, 0.3) is 15.7 Å². The van der Waals surface area contributed by atoms with Crippen molar-refractivity contribution >= 4 is 27.4 Å². The third kappa shape index (κ3) is 6.26. The van der Waals surface area contributed by atoms with E-state index in [9.17, 15) is 23.3 Å². The Morgan fingerprint density at radius 3 is 2.17 bits per heavy atom. The standard InChI is InChI=1S/C19H23N3O6S/c1-3-21(4-2)13-14-28-19(23)15-5-7-16(8-6-15)20-29(26,27)18-11-9-17(10-12-18)22(24)25/h5-12,20H,3-4,13-14H2,1-2H3. The number of sulfonamides is 1. The molecule has 0 aliphatic heterocycles. The highest BCUT2D eigenvalue weighted by Crippen LogP contribution is 2.19. The number of esters is 1. The molecule has 0 heterocycles. The molecule has 2 aromatic rings. The zero-order valence-electron chi connectivity index (χ0n) is 16.2. The van der Waals surface area contributed by atoms with Crippen LogP contribution in [0, 0.1) is 10.1 Å². The predicted octanol–water partition coefficient (Wildman–Crippen LogP) is 2.89. The van der Waals surface area contributed by atoms with Crippen LogP contribution >= 0.6 is 0 Å². The number of ether oxygens (including phenoxy) is 1.